The van der Waals surface area contributed by atoms with Crippen LogP contribution in [-0.2, 0) is 25.6 Å². The molecule has 0 unspecified atom stereocenters. The highest BCUT2D eigenvalue weighted by molar-refractivity contribution is 5.91. The molecule has 29 heavy (non-hydrogen) atoms. The van der Waals surface area contributed by atoms with Gasteiger partial charge in [-0.05, 0) is 48.4 Å². The lowest BCUT2D eigenvalue weighted by atomic mass is 10.1. The van der Waals surface area contributed by atoms with E-state index < -0.39 is 23.9 Å². The van der Waals surface area contributed by atoms with Crippen molar-refractivity contribution < 1.29 is 28.6 Å². The topological polar surface area (TPSA) is 90.9 Å². The summed E-state index contributed by atoms with van der Waals surface area (Å²) in [6.07, 6.45) is 1.82. The number of ether oxygens (including phenoxy) is 3. The Balaban J connectivity index is 1.81. The third-order valence-electron chi connectivity index (χ3n) is 4.03. The largest absolute Gasteiger partial charge is 0.497 e. The number of hydrogen-bond donors (Lipinski definition) is 1. The number of nitrogens with one attached hydrogen (secondary N) is 1. The number of rotatable bonds is 8. The van der Waals surface area contributed by atoms with Gasteiger partial charge in [-0.25, -0.2) is 9.59 Å². The highest BCUT2D eigenvalue weighted by Crippen LogP contribution is 2.11. The van der Waals surface area contributed by atoms with Crippen molar-refractivity contribution in [3.8, 4) is 5.75 Å². The molecule has 1 atom stereocenters. The van der Waals surface area contributed by atoms with E-state index in [4.69, 9.17) is 9.47 Å². The van der Waals surface area contributed by atoms with Gasteiger partial charge < -0.3 is 19.5 Å². The standard InChI is InChI=1S/C22H23NO6/c1-15(21(25)23-14-17-6-11-19(27-2)12-7-17)29-20(24)13-8-16-4-9-18(10-5-16)22(26)28-3/h4-13,15H,14H2,1-3H3,(H,23,25)/b13-8+/t15-/m1/s1. The maximum atomic E-state index is 12.1. The molecule has 2 aromatic carbocycles. The van der Waals surface area contributed by atoms with Crippen molar-refractivity contribution in [1.82, 2.24) is 5.32 Å². The Hall–Kier alpha value is -3.61. The minimum absolute atomic E-state index is 0.313. The van der Waals surface area contributed by atoms with Crippen LogP contribution in [0.5, 0.6) is 5.75 Å². The number of benzene rings is 2. The van der Waals surface area contributed by atoms with Crippen molar-refractivity contribution in [2.45, 2.75) is 19.6 Å². The van der Waals surface area contributed by atoms with Crippen molar-refractivity contribution in [1.29, 1.82) is 0 Å². The Morgan fingerprint density at radius 1 is 1.00 bits per heavy atom. The molecule has 0 aliphatic carbocycles. The Kier molecular flexibility index (Phi) is 7.97. The summed E-state index contributed by atoms with van der Waals surface area (Å²) in [5.41, 5.74) is 2.01. The maximum Gasteiger partial charge on any atom is 0.337 e. The number of hydrogen-bond acceptors (Lipinski definition) is 6. The Bertz CT molecular complexity index is 871. The third kappa shape index (κ3) is 6.80. The third-order valence-corrected chi connectivity index (χ3v) is 4.03. The first-order valence-electron chi connectivity index (χ1n) is 8.90. The zero-order chi connectivity index (χ0) is 21.2. The lowest BCUT2D eigenvalue weighted by Crippen LogP contribution is -2.35. The molecule has 0 saturated heterocycles. The summed E-state index contributed by atoms with van der Waals surface area (Å²) in [4.78, 5) is 35.4. The molecular formula is C22H23NO6. The molecule has 0 heterocycles. The number of carbonyl (C=O) groups excluding carboxylic acids is 3. The number of amides is 1. The molecular weight excluding hydrogens is 374 g/mol. The number of carbonyl (C=O) groups is 3. The van der Waals surface area contributed by atoms with E-state index in [1.807, 2.05) is 12.1 Å². The monoisotopic (exact) mass is 397 g/mol. The molecule has 7 heteroatoms. The summed E-state index contributed by atoms with van der Waals surface area (Å²) in [6.45, 7) is 1.81. The Morgan fingerprint density at radius 3 is 2.24 bits per heavy atom. The van der Waals surface area contributed by atoms with Crippen molar-refractivity contribution >= 4 is 23.9 Å². The van der Waals surface area contributed by atoms with E-state index in [0.717, 1.165) is 11.3 Å². The molecule has 0 fully saturated rings. The van der Waals surface area contributed by atoms with Gasteiger partial charge in [0.15, 0.2) is 6.10 Å². The molecule has 152 valence electrons. The molecule has 0 saturated carbocycles. The van der Waals surface area contributed by atoms with Crippen LogP contribution in [0.4, 0.5) is 0 Å². The smallest absolute Gasteiger partial charge is 0.337 e. The zero-order valence-electron chi connectivity index (χ0n) is 16.5. The van der Waals surface area contributed by atoms with Gasteiger partial charge in [-0.1, -0.05) is 24.3 Å². The highest BCUT2D eigenvalue weighted by atomic mass is 16.5. The van der Waals surface area contributed by atoms with E-state index in [-0.39, 0.29) is 0 Å². The molecule has 0 aromatic heterocycles. The van der Waals surface area contributed by atoms with E-state index in [9.17, 15) is 14.4 Å². The summed E-state index contributed by atoms with van der Waals surface area (Å²) in [5, 5.41) is 2.71. The van der Waals surface area contributed by atoms with Crippen LogP contribution in [0.25, 0.3) is 6.08 Å². The van der Waals surface area contributed by atoms with Crippen LogP contribution in [0.2, 0.25) is 0 Å². The second kappa shape index (κ2) is 10.7. The second-order valence-corrected chi connectivity index (χ2v) is 6.09. The van der Waals surface area contributed by atoms with E-state index in [0.29, 0.717) is 17.7 Å². The van der Waals surface area contributed by atoms with E-state index >= 15 is 0 Å². The lowest BCUT2D eigenvalue weighted by molar-refractivity contribution is -0.150. The molecule has 0 radical (unpaired) electrons. The zero-order valence-corrected chi connectivity index (χ0v) is 16.5. The summed E-state index contributed by atoms with van der Waals surface area (Å²) in [7, 11) is 2.89. The molecule has 0 bridgehead atoms. The molecule has 2 rings (SSSR count). The van der Waals surface area contributed by atoms with Crippen LogP contribution >= 0.6 is 0 Å². The van der Waals surface area contributed by atoms with Gasteiger partial charge >= 0.3 is 11.9 Å². The van der Waals surface area contributed by atoms with Gasteiger partial charge in [-0.2, -0.15) is 0 Å². The molecule has 0 spiro atoms. The fourth-order valence-corrected chi connectivity index (χ4v) is 2.36. The quantitative estimate of drug-likeness (QED) is 0.544. The summed E-state index contributed by atoms with van der Waals surface area (Å²) < 4.78 is 14.8. The molecule has 0 aliphatic heterocycles. The van der Waals surface area contributed by atoms with Crippen molar-refractivity contribution in [2.24, 2.45) is 0 Å². The van der Waals surface area contributed by atoms with Gasteiger partial charge in [0.25, 0.3) is 5.91 Å². The second-order valence-electron chi connectivity index (χ2n) is 6.09. The maximum absolute atomic E-state index is 12.1. The van der Waals surface area contributed by atoms with Gasteiger partial charge in [-0.15, -0.1) is 0 Å². The molecule has 1 N–H and O–H groups in total. The summed E-state index contributed by atoms with van der Waals surface area (Å²) in [6, 6.07) is 13.8. The number of methoxy groups -OCH3 is 2. The van der Waals surface area contributed by atoms with Crippen LogP contribution in [0.1, 0.15) is 28.4 Å². The lowest BCUT2D eigenvalue weighted by Gasteiger charge is -2.12. The Morgan fingerprint density at radius 2 is 1.66 bits per heavy atom. The minimum Gasteiger partial charge on any atom is -0.497 e. The average molecular weight is 397 g/mol. The molecule has 0 aliphatic rings. The molecule has 1 amide bonds. The van der Waals surface area contributed by atoms with Crippen LogP contribution in [0, 0.1) is 0 Å². The fraction of sp³-hybridized carbons (Fsp3) is 0.227. The first-order valence-corrected chi connectivity index (χ1v) is 8.90. The van der Waals surface area contributed by atoms with Crippen molar-refractivity contribution in [2.75, 3.05) is 14.2 Å². The predicted molar refractivity (Wildman–Crippen MR) is 107 cm³/mol. The average Bonchev–Trinajstić information content (AvgIpc) is 2.76. The van der Waals surface area contributed by atoms with Gasteiger partial charge in [0.1, 0.15) is 5.75 Å². The summed E-state index contributed by atoms with van der Waals surface area (Å²) >= 11 is 0. The first kappa shape index (κ1) is 21.7. The summed E-state index contributed by atoms with van der Waals surface area (Å²) in [5.74, 6) is -0.748. The van der Waals surface area contributed by atoms with Crippen LogP contribution in [0.3, 0.4) is 0 Å². The van der Waals surface area contributed by atoms with Crippen LogP contribution in [-0.4, -0.2) is 38.2 Å². The van der Waals surface area contributed by atoms with Gasteiger partial charge in [0, 0.05) is 12.6 Å². The van der Waals surface area contributed by atoms with E-state index in [1.54, 1.807) is 43.5 Å². The normalized spacial score (nSPS) is 11.6. The van der Waals surface area contributed by atoms with E-state index in [2.05, 4.69) is 10.1 Å². The minimum atomic E-state index is -0.938. The van der Waals surface area contributed by atoms with Gasteiger partial charge in [0.05, 0.1) is 19.8 Å². The van der Waals surface area contributed by atoms with Crippen LogP contribution in [0.15, 0.2) is 54.6 Å². The van der Waals surface area contributed by atoms with Gasteiger partial charge in [0.2, 0.25) is 0 Å². The van der Waals surface area contributed by atoms with Crippen LogP contribution < -0.4 is 10.1 Å². The number of esters is 2. The highest BCUT2D eigenvalue weighted by Gasteiger charge is 2.16. The molecule has 7 nitrogen and oxygen atoms in total. The molecule has 2 aromatic rings. The predicted octanol–water partition coefficient (Wildman–Crippen LogP) is 2.74. The van der Waals surface area contributed by atoms with Crippen molar-refractivity contribution in [3.05, 3.63) is 71.3 Å². The fourth-order valence-electron chi connectivity index (χ4n) is 2.36. The Labute approximate surface area is 169 Å². The van der Waals surface area contributed by atoms with Gasteiger partial charge in [-0.3, -0.25) is 4.79 Å². The first-order chi connectivity index (χ1) is 13.9. The van der Waals surface area contributed by atoms with Crippen molar-refractivity contribution in [3.63, 3.8) is 0 Å². The SMILES string of the molecule is COC(=O)c1ccc(/C=C/C(=O)O[C@H](C)C(=O)NCc2ccc(OC)cc2)cc1. The van der Waals surface area contributed by atoms with E-state index in [1.165, 1.54) is 26.2 Å².